The Bertz CT molecular complexity index is 644. The van der Waals surface area contributed by atoms with E-state index in [1.165, 1.54) is 12.1 Å². The zero-order chi connectivity index (χ0) is 14.0. The van der Waals surface area contributed by atoms with Gasteiger partial charge in [-0.15, -0.1) is 0 Å². The summed E-state index contributed by atoms with van der Waals surface area (Å²) in [5.74, 6) is -3.50. The maximum atomic E-state index is 13.8. The lowest BCUT2D eigenvalue weighted by Gasteiger charge is -2.09. The molecule has 0 unspecified atom stereocenters. The second-order valence-electron chi connectivity index (χ2n) is 3.79. The van der Waals surface area contributed by atoms with Crippen molar-refractivity contribution in [2.75, 3.05) is 0 Å². The van der Waals surface area contributed by atoms with E-state index in [0.29, 0.717) is 5.56 Å². The molecule has 1 N–H and O–H groups in total. The largest absolute Gasteiger partial charge is 0.478 e. The summed E-state index contributed by atoms with van der Waals surface area (Å²) in [5.41, 5.74) is 0.0161. The van der Waals surface area contributed by atoms with Crippen LogP contribution in [0.3, 0.4) is 0 Å². The quantitative estimate of drug-likeness (QED) is 0.926. The van der Waals surface area contributed by atoms with Crippen LogP contribution in [0, 0.1) is 18.6 Å². The summed E-state index contributed by atoms with van der Waals surface area (Å²) < 4.78 is 32.0. The zero-order valence-corrected chi connectivity index (χ0v) is 9.85. The van der Waals surface area contributed by atoms with Crippen molar-refractivity contribution in [3.05, 3.63) is 53.2 Å². The van der Waals surface area contributed by atoms with E-state index in [-0.39, 0.29) is 5.75 Å². The van der Waals surface area contributed by atoms with Gasteiger partial charge in [0, 0.05) is 12.3 Å². The molecule has 0 saturated carbocycles. The zero-order valence-electron chi connectivity index (χ0n) is 9.85. The maximum Gasteiger partial charge on any atom is 0.338 e. The monoisotopic (exact) mass is 265 g/mol. The molecule has 0 bridgehead atoms. The van der Waals surface area contributed by atoms with E-state index in [1.807, 2.05) is 0 Å². The Morgan fingerprint density at radius 3 is 2.74 bits per heavy atom. The van der Waals surface area contributed by atoms with Crippen LogP contribution >= 0.6 is 0 Å². The van der Waals surface area contributed by atoms with Crippen molar-refractivity contribution < 1.29 is 23.4 Å². The SMILES string of the molecule is Cc1ccc(F)cc1Oc1nccc(C(=O)O)c1F. The number of aryl methyl sites for hydroxylation is 1. The number of aromatic carboxylic acids is 1. The van der Waals surface area contributed by atoms with E-state index in [2.05, 4.69) is 4.98 Å². The average molecular weight is 265 g/mol. The van der Waals surface area contributed by atoms with Crippen molar-refractivity contribution in [1.82, 2.24) is 4.98 Å². The molecule has 0 spiro atoms. The molecular weight excluding hydrogens is 256 g/mol. The van der Waals surface area contributed by atoms with Gasteiger partial charge in [0.05, 0.1) is 0 Å². The lowest BCUT2D eigenvalue weighted by Crippen LogP contribution is -2.04. The number of hydrogen-bond acceptors (Lipinski definition) is 3. The minimum Gasteiger partial charge on any atom is -0.478 e. The fourth-order valence-electron chi connectivity index (χ4n) is 1.45. The summed E-state index contributed by atoms with van der Waals surface area (Å²) in [6.45, 7) is 1.65. The maximum absolute atomic E-state index is 13.8. The molecule has 2 rings (SSSR count). The van der Waals surface area contributed by atoms with Gasteiger partial charge < -0.3 is 9.84 Å². The highest BCUT2D eigenvalue weighted by Gasteiger charge is 2.17. The average Bonchev–Trinajstić information content (AvgIpc) is 2.36. The lowest BCUT2D eigenvalue weighted by molar-refractivity contribution is 0.0690. The van der Waals surface area contributed by atoms with Gasteiger partial charge >= 0.3 is 5.97 Å². The summed E-state index contributed by atoms with van der Waals surface area (Å²) in [5, 5.41) is 8.77. The minimum atomic E-state index is -1.43. The number of carbonyl (C=O) groups is 1. The lowest BCUT2D eigenvalue weighted by atomic mass is 10.2. The minimum absolute atomic E-state index is 0.0777. The number of carboxylic acids is 1. The van der Waals surface area contributed by atoms with Crippen molar-refractivity contribution in [3.63, 3.8) is 0 Å². The molecule has 0 fully saturated rings. The van der Waals surface area contributed by atoms with Crippen molar-refractivity contribution in [3.8, 4) is 11.6 Å². The summed E-state index contributed by atoms with van der Waals surface area (Å²) in [6, 6.07) is 4.79. The van der Waals surface area contributed by atoms with Crippen LogP contribution in [0.5, 0.6) is 11.6 Å². The molecule has 19 heavy (non-hydrogen) atoms. The molecule has 4 nitrogen and oxygen atoms in total. The van der Waals surface area contributed by atoms with Gasteiger partial charge in [0.2, 0.25) is 0 Å². The Hall–Kier alpha value is -2.50. The molecular formula is C13H9F2NO3. The molecule has 0 amide bonds. The van der Waals surface area contributed by atoms with Gasteiger partial charge in [-0.05, 0) is 24.6 Å². The predicted octanol–water partition coefficient (Wildman–Crippen LogP) is 3.16. The molecule has 2 aromatic rings. The molecule has 1 aromatic heterocycles. The first-order valence-electron chi connectivity index (χ1n) is 5.31. The predicted molar refractivity (Wildman–Crippen MR) is 62.4 cm³/mol. The molecule has 6 heteroatoms. The highest BCUT2D eigenvalue weighted by atomic mass is 19.1. The first-order valence-corrected chi connectivity index (χ1v) is 5.31. The van der Waals surface area contributed by atoms with E-state index in [0.717, 1.165) is 18.3 Å². The second kappa shape index (κ2) is 5.01. The smallest absolute Gasteiger partial charge is 0.338 e. The van der Waals surface area contributed by atoms with Gasteiger partial charge in [-0.3, -0.25) is 0 Å². The normalized spacial score (nSPS) is 10.3. The highest BCUT2D eigenvalue weighted by molar-refractivity contribution is 5.88. The van der Waals surface area contributed by atoms with E-state index < -0.39 is 29.0 Å². The summed E-state index contributed by atoms with van der Waals surface area (Å²) in [4.78, 5) is 14.4. The van der Waals surface area contributed by atoms with Crippen LogP contribution in [0.15, 0.2) is 30.5 Å². The van der Waals surface area contributed by atoms with Gasteiger partial charge in [-0.2, -0.15) is 0 Å². The van der Waals surface area contributed by atoms with Crippen LogP contribution in [0.2, 0.25) is 0 Å². The number of rotatable bonds is 3. The molecule has 1 aromatic carbocycles. The van der Waals surface area contributed by atoms with Crippen LogP contribution in [-0.4, -0.2) is 16.1 Å². The number of ether oxygens (including phenoxy) is 1. The van der Waals surface area contributed by atoms with Gasteiger partial charge in [-0.1, -0.05) is 6.07 Å². The van der Waals surface area contributed by atoms with Crippen LogP contribution in [-0.2, 0) is 0 Å². The molecule has 0 aliphatic heterocycles. The van der Waals surface area contributed by atoms with Crippen LogP contribution in [0.4, 0.5) is 8.78 Å². The van der Waals surface area contributed by atoms with Crippen molar-refractivity contribution in [1.29, 1.82) is 0 Å². The number of benzene rings is 1. The van der Waals surface area contributed by atoms with Gasteiger partial charge in [0.25, 0.3) is 5.88 Å². The van der Waals surface area contributed by atoms with Gasteiger partial charge in [-0.25, -0.2) is 18.6 Å². The van der Waals surface area contributed by atoms with Crippen molar-refractivity contribution in [2.45, 2.75) is 6.92 Å². The van der Waals surface area contributed by atoms with Crippen molar-refractivity contribution >= 4 is 5.97 Å². The number of pyridine rings is 1. The summed E-state index contributed by atoms with van der Waals surface area (Å²) in [6.07, 6.45) is 1.11. The second-order valence-corrected chi connectivity index (χ2v) is 3.79. The number of carboxylic acid groups (broad SMARTS) is 1. The number of halogens is 2. The fraction of sp³-hybridized carbons (Fsp3) is 0.0769. The van der Waals surface area contributed by atoms with E-state index in [4.69, 9.17) is 9.84 Å². The van der Waals surface area contributed by atoms with Gasteiger partial charge in [0.15, 0.2) is 5.82 Å². The molecule has 98 valence electrons. The Kier molecular flexibility index (Phi) is 3.41. The van der Waals surface area contributed by atoms with E-state index in [1.54, 1.807) is 6.92 Å². The molecule has 0 aliphatic rings. The number of hydrogen-bond donors (Lipinski definition) is 1. The Labute approximate surface area is 107 Å². The van der Waals surface area contributed by atoms with Gasteiger partial charge in [0.1, 0.15) is 17.1 Å². The molecule has 0 saturated heterocycles. The third-order valence-corrected chi connectivity index (χ3v) is 2.44. The van der Waals surface area contributed by atoms with Crippen LogP contribution in [0.25, 0.3) is 0 Å². The molecule has 0 radical (unpaired) electrons. The number of nitrogens with zero attached hydrogens (tertiary/aromatic N) is 1. The first kappa shape index (κ1) is 12.9. The molecule has 0 aliphatic carbocycles. The summed E-state index contributed by atoms with van der Waals surface area (Å²) in [7, 11) is 0. The topological polar surface area (TPSA) is 59.4 Å². The van der Waals surface area contributed by atoms with Crippen LogP contribution in [0.1, 0.15) is 15.9 Å². The Balaban J connectivity index is 2.41. The summed E-state index contributed by atoms with van der Waals surface area (Å²) >= 11 is 0. The Morgan fingerprint density at radius 2 is 2.05 bits per heavy atom. The fourth-order valence-corrected chi connectivity index (χ4v) is 1.45. The van der Waals surface area contributed by atoms with E-state index >= 15 is 0 Å². The molecule has 1 heterocycles. The highest BCUT2D eigenvalue weighted by Crippen LogP contribution is 2.27. The third kappa shape index (κ3) is 2.67. The van der Waals surface area contributed by atoms with Crippen LogP contribution < -0.4 is 4.74 Å². The molecule has 0 atom stereocenters. The standard InChI is InChI=1S/C13H9F2NO3/c1-7-2-3-8(14)6-10(7)19-12-11(15)9(13(17)18)4-5-16-12/h2-6H,1H3,(H,17,18). The van der Waals surface area contributed by atoms with Crippen molar-refractivity contribution in [2.24, 2.45) is 0 Å². The number of aromatic nitrogens is 1. The van der Waals surface area contributed by atoms with E-state index in [9.17, 15) is 13.6 Å². The third-order valence-electron chi connectivity index (χ3n) is 2.44. The first-order chi connectivity index (χ1) is 8.99. The Morgan fingerprint density at radius 1 is 1.32 bits per heavy atom.